The van der Waals surface area contributed by atoms with Crippen molar-refractivity contribution in [2.45, 2.75) is 26.3 Å². The lowest BCUT2D eigenvalue weighted by atomic mass is 10.1. The van der Waals surface area contributed by atoms with Crippen LogP contribution in [0.3, 0.4) is 0 Å². The summed E-state index contributed by atoms with van der Waals surface area (Å²) in [7, 11) is 0. The molecule has 0 aliphatic carbocycles. The maximum Gasteiger partial charge on any atom is 0.356 e. The van der Waals surface area contributed by atoms with Crippen LogP contribution in [0.4, 0.5) is 5.82 Å². The monoisotopic (exact) mass is 264 g/mol. The summed E-state index contributed by atoms with van der Waals surface area (Å²) in [6.07, 6.45) is 2.85. The quantitative estimate of drug-likeness (QED) is 0.862. The van der Waals surface area contributed by atoms with E-state index in [9.17, 15) is 4.79 Å². The van der Waals surface area contributed by atoms with E-state index in [2.05, 4.69) is 40.5 Å². The molecule has 0 saturated carbocycles. The molecule has 1 N–H and O–H groups in total. The van der Waals surface area contributed by atoms with Crippen molar-refractivity contribution in [3.63, 3.8) is 0 Å². The molecule has 6 heteroatoms. The largest absolute Gasteiger partial charge is 0.476 e. The molecule has 6 nitrogen and oxygen atoms in total. The van der Waals surface area contributed by atoms with E-state index in [0.717, 1.165) is 32.0 Å². The first-order valence-electron chi connectivity index (χ1n) is 6.43. The standard InChI is InChI=1S/C13H20N4O2/c1-13(2,3)17-6-4-16(5-7-17)11-9-14-10(8-15-11)12(18)19/h8-9H,4-7H2,1-3H3,(H,18,19). The van der Waals surface area contributed by atoms with E-state index in [1.807, 2.05) is 0 Å². The molecule has 0 atom stereocenters. The van der Waals surface area contributed by atoms with Gasteiger partial charge in [0.25, 0.3) is 0 Å². The number of aromatic nitrogens is 2. The van der Waals surface area contributed by atoms with Crippen molar-refractivity contribution in [3.05, 3.63) is 18.1 Å². The predicted molar refractivity (Wildman–Crippen MR) is 72.5 cm³/mol. The Morgan fingerprint density at radius 3 is 2.21 bits per heavy atom. The molecule has 1 aliphatic heterocycles. The number of hydrogen-bond donors (Lipinski definition) is 1. The Morgan fingerprint density at radius 1 is 1.16 bits per heavy atom. The Hall–Kier alpha value is -1.69. The maximum atomic E-state index is 10.7. The zero-order chi connectivity index (χ0) is 14.0. The van der Waals surface area contributed by atoms with E-state index in [0.29, 0.717) is 0 Å². The molecular weight excluding hydrogens is 244 g/mol. The highest BCUT2D eigenvalue weighted by atomic mass is 16.4. The second kappa shape index (κ2) is 5.13. The van der Waals surface area contributed by atoms with E-state index in [-0.39, 0.29) is 11.2 Å². The lowest BCUT2D eigenvalue weighted by Gasteiger charge is -2.42. The lowest BCUT2D eigenvalue weighted by molar-refractivity contribution is 0.0690. The molecule has 2 rings (SSSR count). The number of carboxylic acids is 1. The minimum absolute atomic E-state index is 0.0166. The topological polar surface area (TPSA) is 69.6 Å². The van der Waals surface area contributed by atoms with E-state index < -0.39 is 5.97 Å². The van der Waals surface area contributed by atoms with Gasteiger partial charge in [-0.3, -0.25) is 4.90 Å². The molecule has 1 aromatic heterocycles. The highest BCUT2D eigenvalue weighted by Crippen LogP contribution is 2.18. The summed E-state index contributed by atoms with van der Waals surface area (Å²) in [6.45, 7) is 10.4. The second-order valence-corrected chi connectivity index (χ2v) is 5.71. The van der Waals surface area contributed by atoms with Crippen LogP contribution in [0.2, 0.25) is 0 Å². The minimum Gasteiger partial charge on any atom is -0.476 e. The Kier molecular flexibility index (Phi) is 3.71. The van der Waals surface area contributed by atoms with Crippen molar-refractivity contribution in [1.29, 1.82) is 0 Å². The first-order valence-corrected chi connectivity index (χ1v) is 6.43. The van der Waals surface area contributed by atoms with Gasteiger partial charge >= 0.3 is 5.97 Å². The molecule has 2 heterocycles. The average Bonchev–Trinajstić information content (AvgIpc) is 2.38. The van der Waals surface area contributed by atoms with Gasteiger partial charge in [0, 0.05) is 31.7 Å². The summed E-state index contributed by atoms with van der Waals surface area (Å²) in [5, 5.41) is 8.79. The molecule has 1 aliphatic rings. The molecule has 1 fully saturated rings. The summed E-state index contributed by atoms with van der Waals surface area (Å²) >= 11 is 0. The van der Waals surface area contributed by atoms with Crippen LogP contribution >= 0.6 is 0 Å². The van der Waals surface area contributed by atoms with Crippen LogP contribution in [0.25, 0.3) is 0 Å². The molecule has 0 amide bonds. The van der Waals surface area contributed by atoms with Gasteiger partial charge in [0.05, 0.1) is 12.4 Å². The fraction of sp³-hybridized carbons (Fsp3) is 0.615. The van der Waals surface area contributed by atoms with Crippen molar-refractivity contribution in [3.8, 4) is 0 Å². The third-order valence-corrected chi connectivity index (χ3v) is 3.41. The number of rotatable bonds is 2. The summed E-state index contributed by atoms with van der Waals surface area (Å²) in [5.74, 6) is -0.296. The van der Waals surface area contributed by atoms with Crippen LogP contribution in [-0.2, 0) is 0 Å². The van der Waals surface area contributed by atoms with Crippen molar-refractivity contribution in [2.75, 3.05) is 31.1 Å². The van der Waals surface area contributed by atoms with E-state index in [1.165, 1.54) is 12.4 Å². The van der Waals surface area contributed by atoms with E-state index >= 15 is 0 Å². The molecule has 104 valence electrons. The van der Waals surface area contributed by atoms with Crippen molar-refractivity contribution in [2.24, 2.45) is 0 Å². The number of anilines is 1. The van der Waals surface area contributed by atoms with Gasteiger partial charge in [-0.25, -0.2) is 14.8 Å². The first-order chi connectivity index (χ1) is 8.88. The molecule has 1 saturated heterocycles. The third-order valence-electron chi connectivity index (χ3n) is 3.41. The zero-order valence-electron chi connectivity index (χ0n) is 11.6. The zero-order valence-corrected chi connectivity index (χ0v) is 11.6. The minimum atomic E-state index is -1.04. The van der Waals surface area contributed by atoms with E-state index in [1.54, 1.807) is 0 Å². The Morgan fingerprint density at radius 2 is 1.79 bits per heavy atom. The smallest absolute Gasteiger partial charge is 0.356 e. The van der Waals surface area contributed by atoms with Crippen LogP contribution in [0.5, 0.6) is 0 Å². The maximum absolute atomic E-state index is 10.7. The second-order valence-electron chi connectivity index (χ2n) is 5.71. The van der Waals surface area contributed by atoms with Crippen molar-refractivity contribution in [1.82, 2.24) is 14.9 Å². The Bertz CT molecular complexity index is 445. The molecule has 0 bridgehead atoms. The number of nitrogens with zero attached hydrogens (tertiary/aromatic N) is 4. The fourth-order valence-electron chi connectivity index (χ4n) is 2.20. The molecule has 0 spiro atoms. The number of carbonyl (C=O) groups is 1. The first kappa shape index (κ1) is 13.7. The third kappa shape index (κ3) is 3.20. The molecule has 0 aromatic carbocycles. The fourth-order valence-corrected chi connectivity index (χ4v) is 2.20. The van der Waals surface area contributed by atoms with Crippen LogP contribution < -0.4 is 4.90 Å². The highest BCUT2D eigenvalue weighted by Gasteiger charge is 2.26. The summed E-state index contributed by atoms with van der Waals surface area (Å²) in [5.41, 5.74) is 0.169. The van der Waals surface area contributed by atoms with Gasteiger partial charge in [-0.05, 0) is 20.8 Å². The molecule has 0 unspecified atom stereocenters. The van der Waals surface area contributed by atoms with Gasteiger partial charge < -0.3 is 10.0 Å². The summed E-state index contributed by atoms with van der Waals surface area (Å²) in [4.78, 5) is 23.4. The van der Waals surface area contributed by atoms with Gasteiger partial charge in [0.15, 0.2) is 5.69 Å². The number of piperazine rings is 1. The van der Waals surface area contributed by atoms with Crippen LogP contribution in [-0.4, -0.2) is 57.7 Å². The van der Waals surface area contributed by atoms with Gasteiger partial charge in [-0.15, -0.1) is 0 Å². The van der Waals surface area contributed by atoms with Crippen molar-refractivity contribution < 1.29 is 9.90 Å². The molecule has 0 radical (unpaired) electrons. The van der Waals surface area contributed by atoms with E-state index in [4.69, 9.17) is 5.11 Å². The van der Waals surface area contributed by atoms with Gasteiger partial charge in [-0.2, -0.15) is 0 Å². The van der Waals surface area contributed by atoms with Crippen LogP contribution in [0.15, 0.2) is 12.4 Å². The summed E-state index contributed by atoms with van der Waals surface area (Å²) in [6, 6.07) is 0. The molecule has 1 aromatic rings. The number of hydrogen-bond acceptors (Lipinski definition) is 5. The van der Waals surface area contributed by atoms with Crippen LogP contribution in [0, 0.1) is 0 Å². The molecular formula is C13H20N4O2. The molecule has 19 heavy (non-hydrogen) atoms. The number of carboxylic acid groups (broad SMARTS) is 1. The predicted octanol–water partition coefficient (Wildman–Crippen LogP) is 1.10. The van der Waals surface area contributed by atoms with Gasteiger partial charge in [0.2, 0.25) is 0 Å². The normalized spacial score (nSPS) is 17.5. The number of aromatic carboxylic acids is 1. The summed E-state index contributed by atoms with van der Waals surface area (Å²) < 4.78 is 0. The van der Waals surface area contributed by atoms with Gasteiger partial charge in [0.1, 0.15) is 5.82 Å². The highest BCUT2D eigenvalue weighted by molar-refractivity contribution is 5.84. The van der Waals surface area contributed by atoms with Crippen molar-refractivity contribution >= 4 is 11.8 Å². The average molecular weight is 264 g/mol. The Labute approximate surface area is 113 Å². The SMILES string of the molecule is CC(C)(C)N1CCN(c2cnc(C(=O)O)cn2)CC1. The van der Waals surface area contributed by atoms with Crippen LogP contribution in [0.1, 0.15) is 31.3 Å². The Balaban J connectivity index is 2.00. The van der Waals surface area contributed by atoms with Gasteiger partial charge in [-0.1, -0.05) is 0 Å². The lowest BCUT2D eigenvalue weighted by Crippen LogP contribution is -2.53.